The van der Waals surface area contributed by atoms with Crippen molar-refractivity contribution in [1.29, 1.82) is 0 Å². The molecule has 0 bridgehead atoms. The highest BCUT2D eigenvalue weighted by Gasteiger charge is 2.31. The number of nitrogens with zero attached hydrogens (tertiary/aromatic N) is 2. The van der Waals surface area contributed by atoms with E-state index in [9.17, 15) is 13.2 Å². The minimum absolute atomic E-state index is 0.160. The highest BCUT2D eigenvalue weighted by molar-refractivity contribution is 7.89. The third kappa shape index (κ3) is 4.47. The maximum Gasteiger partial charge on any atom is 0.262 e. The quantitative estimate of drug-likeness (QED) is 0.798. The average Bonchev–Trinajstić information content (AvgIpc) is 3.15. The lowest BCUT2D eigenvalue weighted by Crippen LogP contribution is -2.42. The zero-order valence-corrected chi connectivity index (χ0v) is 17.1. The molecule has 2 saturated heterocycles. The molecule has 146 valence electrons. The highest BCUT2D eigenvalue weighted by Crippen LogP contribution is 2.27. The molecule has 26 heavy (non-hydrogen) atoms. The van der Waals surface area contributed by atoms with Crippen molar-refractivity contribution in [2.75, 3.05) is 32.7 Å². The molecule has 1 aromatic rings. The number of thiophene rings is 1. The Labute approximate surface area is 160 Å². The molecule has 1 N–H and O–H groups in total. The van der Waals surface area contributed by atoms with E-state index in [4.69, 9.17) is 0 Å². The van der Waals surface area contributed by atoms with Crippen molar-refractivity contribution >= 4 is 27.3 Å². The van der Waals surface area contributed by atoms with Crippen molar-refractivity contribution in [1.82, 2.24) is 14.5 Å². The summed E-state index contributed by atoms with van der Waals surface area (Å²) in [6.07, 6.45) is 6.53. The van der Waals surface area contributed by atoms with Crippen LogP contribution in [0.5, 0.6) is 0 Å². The van der Waals surface area contributed by atoms with Gasteiger partial charge in [-0.25, -0.2) is 8.42 Å². The van der Waals surface area contributed by atoms with Crippen molar-refractivity contribution in [3.05, 3.63) is 16.3 Å². The SMILES string of the molecule is CC1CCCCN1CCNC(=O)c1sccc1S(=O)(=O)N1CCCCC1. The number of carbonyl (C=O) groups is 1. The smallest absolute Gasteiger partial charge is 0.262 e. The van der Waals surface area contributed by atoms with E-state index in [1.165, 1.54) is 34.9 Å². The Balaban J connectivity index is 1.61. The van der Waals surface area contributed by atoms with Crippen LogP contribution < -0.4 is 5.32 Å². The fourth-order valence-electron chi connectivity index (χ4n) is 3.79. The lowest BCUT2D eigenvalue weighted by molar-refractivity contribution is 0.0939. The molecule has 3 rings (SSSR count). The molecular formula is C18H29N3O3S2. The van der Waals surface area contributed by atoms with Crippen molar-refractivity contribution in [3.63, 3.8) is 0 Å². The molecule has 1 unspecified atom stereocenters. The predicted molar refractivity (Wildman–Crippen MR) is 104 cm³/mol. The van der Waals surface area contributed by atoms with Gasteiger partial charge in [-0.15, -0.1) is 11.3 Å². The molecule has 1 aromatic heterocycles. The van der Waals surface area contributed by atoms with Crippen molar-refractivity contribution in [2.45, 2.75) is 56.4 Å². The van der Waals surface area contributed by atoms with Gasteiger partial charge >= 0.3 is 0 Å². The van der Waals surface area contributed by atoms with Crippen LogP contribution in [0.15, 0.2) is 16.3 Å². The van der Waals surface area contributed by atoms with Crippen LogP contribution in [0.1, 0.15) is 55.1 Å². The van der Waals surface area contributed by atoms with Crippen LogP contribution in [-0.4, -0.2) is 62.3 Å². The lowest BCUT2D eigenvalue weighted by atomic mass is 10.0. The monoisotopic (exact) mass is 399 g/mol. The minimum Gasteiger partial charge on any atom is -0.350 e. The van der Waals surface area contributed by atoms with Crippen LogP contribution in [0.4, 0.5) is 0 Å². The molecule has 2 aliphatic rings. The molecule has 1 atom stereocenters. The van der Waals surface area contributed by atoms with Gasteiger partial charge in [0.15, 0.2) is 0 Å². The molecule has 0 saturated carbocycles. The first-order chi connectivity index (χ1) is 12.5. The van der Waals surface area contributed by atoms with E-state index in [2.05, 4.69) is 17.1 Å². The molecule has 0 spiro atoms. The van der Waals surface area contributed by atoms with E-state index >= 15 is 0 Å². The zero-order valence-electron chi connectivity index (χ0n) is 15.4. The fourth-order valence-corrected chi connectivity index (χ4v) is 6.63. The standard InChI is InChI=1S/C18H29N3O3S2/c1-15-7-3-6-10-20(15)13-9-19-18(22)17-16(8-14-25-17)26(23,24)21-11-4-2-5-12-21/h8,14-15H,2-7,9-13H2,1H3,(H,19,22). The summed E-state index contributed by atoms with van der Waals surface area (Å²) in [5, 5.41) is 4.61. The Hall–Kier alpha value is -0.960. The minimum atomic E-state index is -3.58. The largest absolute Gasteiger partial charge is 0.350 e. The first-order valence-electron chi connectivity index (χ1n) is 9.60. The summed E-state index contributed by atoms with van der Waals surface area (Å²) in [5.41, 5.74) is 0. The molecule has 8 heteroatoms. The van der Waals surface area contributed by atoms with Gasteiger partial charge < -0.3 is 5.32 Å². The van der Waals surface area contributed by atoms with Gasteiger partial charge in [0.1, 0.15) is 9.77 Å². The molecule has 0 aliphatic carbocycles. The lowest BCUT2D eigenvalue weighted by Gasteiger charge is -2.33. The number of amides is 1. The Kier molecular flexibility index (Phi) is 6.71. The number of hydrogen-bond acceptors (Lipinski definition) is 5. The fraction of sp³-hybridized carbons (Fsp3) is 0.722. The van der Waals surface area contributed by atoms with E-state index in [1.54, 1.807) is 11.4 Å². The van der Waals surface area contributed by atoms with Gasteiger partial charge in [0.25, 0.3) is 5.91 Å². The van der Waals surface area contributed by atoms with E-state index < -0.39 is 10.0 Å². The van der Waals surface area contributed by atoms with Gasteiger partial charge in [-0.1, -0.05) is 12.8 Å². The summed E-state index contributed by atoms with van der Waals surface area (Å²) in [6, 6.07) is 2.12. The van der Waals surface area contributed by atoms with Crippen LogP contribution in [0.25, 0.3) is 0 Å². The summed E-state index contributed by atoms with van der Waals surface area (Å²) in [6.45, 7) is 5.75. The van der Waals surface area contributed by atoms with Gasteiger partial charge in [0.05, 0.1) is 0 Å². The van der Waals surface area contributed by atoms with E-state index in [1.807, 2.05) is 0 Å². The van der Waals surface area contributed by atoms with Crippen LogP contribution in [0, 0.1) is 0 Å². The molecule has 0 radical (unpaired) electrons. The number of carbonyl (C=O) groups excluding carboxylic acids is 1. The summed E-state index contributed by atoms with van der Waals surface area (Å²) in [7, 11) is -3.58. The Morgan fingerprint density at radius 1 is 1.19 bits per heavy atom. The summed E-state index contributed by atoms with van der Waals surface area (Å²) >= 11 is 1.20. The number of nitrogens with one attached hydrogen (secondary N) is 1. The van der Waals surface area contributed by atoms with Crippen molar-refractivity contribution in [2.24, 2.45) is 0 Å². The molecule has 2 aliphatic heterocycles. The topological polar surface area (TPSA) is 69.7 Å². The summed E-state index contributed by atoms with van der Waals surface area (Å²) < 4.78 is 27.3. The van der Waals surface area contributed by atoms with Crippen LogP contribution >= 0.6 is 11.3 Å². The summed E-state index contributed by atoms with van der Waals surface area (Å²) in [4.78, 5) is 15.4. The van der Waals surface area contributed by atoms with Gasteiger partial charge in [-0.05, 0) is 50.6 Å². The Morgan fingerprint density at radius 2 is 1.92 bits per heavy atom. The van der Waals surface area contributed by atoms with E-state index in [0.717, 1.165) is 32.4 Å². The second kappa shape index (κ2) is 8.82. The number of likely N-dealkylation sites (tertiary alicyclic amines) is 1. The number of piperidine rings is 2. The molecule has 0 aromatic carbocycles. The molecule has 3 heterocycles. The van der Waals surface area contributed by atoms with Crippen LogP contribution in [0.2, 0.25) is 0 Å². The van der Waals surface area contributed by atoms with Gasteiger partial charge in [0, 0.05) is 32.2 Å². The van der Waals surface area contributed by atoms with Crippen molar-refractivity contribution < 1.29 is 13.2 Å². The third-order valence-electron chi connectivity index (χ3n) is 5.39. The average molecular weight is 400 g/mol. The molecule has 6 nitrogen and oxygen atoms in total. The Morgan fingerprint density at radius 3 is 2.65 bits per heavy atom. The first-order valence-corrected chi connectivity index (χ1v) is 11.9. The molecule has 2 fully saturated rings. The number of hydrogen-bond donors (Lipinski definition) is 1. The second-order valence-corrected chi connectivity index (χ2v) is 10.0. The number of sulfonamides is 1. The second-order valence-electron chi connectivity index (χ2n) is 7.22. The van der Waals surface area contributed by atoms with Gasteiger partial charge in [-0.3, -0.25) is 9.69 Å². The maximum atomic E-state index is 12.9. The van der Waals surface area contributed by atoms with Crippen LogP contribution in [-0.2, 0) is 10.0 Å². The predicted octanol–water partition coefficient (Wildman–Crippen LogP) is 2.53. The zero-order chi connectivity index (χ0) is 18.6. The molecule has 1 amide bonds. The Bertz CT molecular complexity index is 711. The van der Waals surface area contributed by atoms with Crippen LogP contribution in [0.3, 0.4) is 0 Å². The maximum absolute atomic E-state index is 12.9. The van der Waals surface area contributed by atoms with Gasteiger partial charge in [-0.2, -0.15) is 4.31 Å². The third-order valence-corrected chi connectivity index (χ3v) is 8.38. The first kappa shape index (κ1) is 19.8. The summed E-state index contributed by atoms with van der Waals surface area (Å²) in [5.74, 6) is -0.278. The highest BCUT2D eigenvalue weighted by atomic mass is 32.2. The van der Waals surface area contributed by atoms with E-state index in [0.29, 0.717) is 30.6 Å². The van der Waals surface area contributed by atoms with Crippen molar-refractivity contribution in [3.8, 4) is 0 Å². The van der Waals surface area contributed by atoms with E-state index in [-0.39, 0.29) is 10.8 Å². The normalized spacial score (nSPS) is 23.0. The molecular weight excluding hydrogens is 370 g/mol. The number of rotatable bonds is 6. The van der Waals surface area contributed by atoms with Gasteiger partial charge in [0.2, 0.25) is 10.0 Å².